The molecular weight excluding hydrogens is 283 g/mol. The van der Waals surface area contributed by atoms with Crippen molar-refractivity contribution in [3.63, 3.8) is 0 Å². The molecule has 6 nitrogen and oxygen atoms in total. The fourth-order valence-corrected chi connectivity index (χ4v) is 1.88. The second-order valence-electron chi connectivity index (χ2n) is 4.56. The largest absolute Gasteiger partial charge is 0.368 e. The molecular formula is C15H13FN6. The second-order valence-corrected chi connectivity index (χ2v) is 4.56. The van der Waals surface area contributed by atoms with Gasteiger partial charge < -0.3 is 11.1 Å². The molecule has 110 valence electrons. The molecule has 0 aliphatic rings. The lowest BCUT2D eigenvalue weighted by molar-refractivity contribution is 0.628. The van der Waals surface area contributed by atoms with Crippen LogP contribution in [0.3, 0.4) is 0 Å². The number of pyridine rings is 1. The highest BCUT2D eigenvalue weighted by Gasteiger charge is 2.07. The van der Waals surface area contributed by atoms with Crippen molar-refractivity contribution in [3.05, 3.63) is 60.2 Å². The van der Waals surface area contributed by atoms with E-state index in [4.69, 9.17) is 5.73 Å². The minimum Gasteiger partial charge on any atom is -0.368 e. The number of nitrogens with zero attached hydrogens (tertiary/aromatic N) is 4. The van der Waals surface area contributed by atoms with E-state index < -0.39 is 0 Å². The molecule has 0 aliphatic heterocycles. The zero-order valence-electron chi connectivity index (χ0n) is 11.6. The minimum atomic E-state index is -0.319. The maximum atomic E-state index is 13.0. The Labute approximate surface area is 126 Å². The Morgan fingerprint density at radius 3 is 2.59 bits per heavy atom. The Balaban J connectivity index is 1.82. The Morgan fingerprint density at radius 1 is 1.05 bits per heavy atom. The van der Waals surface area contributed by atoms with E-state index in [0.29, 0.717) is 23.9 Å². The first-order chi connectivity index (χ1) is 10.7. The molecule has 0 saturated carbocycles. The van der Waals surface area contributed by atoms with Crippen molar-refractivity contribution >= 4 is 11.9 Å². The van der Waals surface area contributed by atoms with Gasteiger partial charge in [0.05, 0.1) is 0 Å². The Hall–Kier alpha value is -3.09. The van der Waals surface area contributed by atoms with Gasteiger partial charge in [0.25, 0.3) is 0 Å². The van der Waals surface area contributed by atoms with Crippen LogP contribution in [0.1, 0.15) is 5.56 Å². The van der Waals surface area contributed by atoms with E-state index in [1.54, 1.807) is 24.5 Å². The third kappa shape index (κ3) is 3.32. The van der Waals surface area contributed by atoms with Gasteiger partial charge in [-0.1, -0.05) is 6.07 Å². The summed E-state index contributed by atoms with van der Waals surface area (Å²) in [4.78, 5) is 16.4. The highest BCUT2D eigenvalue weighted by molar-refractivity contribution is 5.57. The van der Waals surface area contributed by atoms with Gasteiger partial charge in [0.2, 0.25) is 11.9 Å². The monoisotopic (exact) mass is 296 g/mol. The standard InChI is InChI=1S/C15H13FN6/c16-12-5-3-11(4-6-12)13-20-14(17)22-15(21-13)19-9-10-2-1-7-18-8-10/h1-8H,9H2,(H3,17,19,20,21,22). The SMILES string of the molecule is Nc1nc(NCc2cccnc2)nc(-c2ccc(F)cc2)n1. The van der Waals surface area contributed by atoms with Crippen molar-refractivity contribution in [1.82, 2.24) is 19.9 Å². The summed E-state index contributed by atoms with van der Waals surface area (Å²) in [6.45, 7) is 0.514. The van der Waals surface area contributed by atoms with Crippen molar-refractivity contribution in [2.75, 3.05) is 11.1 Å². The highest BCUT2D eigenvalue weighted by atomic mass is 19.1. The second kappa shape index (κ2) is 6.13. The number of hydrogen-bond acceptors (Lipinski definition) is 6. The fraction of sp³-hybridized carbons (Fsp3) is 0.0667. The predicted molar refractivity (Wildman–Crippen MR) is 81.2 cm³/mol. The lowest BCUT2D eigenvalue weighted by atomic mass is 10.2. The molecule has 22 heavy (non-hydrogen) atoms. The summed E-state index contributed by atoms with van der Waals surface area (Å²) in [6, 6.07) is 9.66. The van der Waals surface area contributed by atoms with Crippen LogP contribution in [-0.2, 0) is 6.54 Å². The van der Waals surface area contributed by atoms with E-state index >= 15 is 0 Å². The summed E-state index contributed by atoms with van der Waals surface area (Å²) in [5, 5.41) is 3.07. The van der Waals surface area contributed by atoms with Gasteiger partial charge in [0.1, 0.15) is 5.82 Å². The average Bonchev–Trinajstić information content (AvgIpc) is 2.54. The van der Waals surface area contributed by atoms with Crippen LogP contribution in [0.5, 0.6) is 0 Å². The molecule has 0 unspecified atom stereocenters. The summed E-state index contributed by atoms with van der Waals surface area (Å²) in [5.41, 5.74) is 7.36. The molecule has 0 spiro atoms. The molecule has 0 fully saturated rings. The average molecular weight is 296 g/mol. The summed E-state index contributed by atoms with van der Waals surface area (Å²) in [7, 11) is 0. The quantitative estimate of drug-likeness (QED) is 0.767. The van der Waals surface area contributed by atoms with E-state index in [2.05, 4.69) is 25.3 Å². The van der Waals surface area contributed by atoms with E-state index in [1.807, 2.05) is 12.1 Å². The van der Waals surface area contributed by atoms with Gasteiger partial charge >= 0.3 is 0 Å². The van der Waals surface area contributed by atoms with Crippen LogP contribution in [0.4, 0.5) is 16.3 Å². The molecule has 0 bridgehead atoms. The maximum absolute atomic E-state index is 13.0. The third-order valence-electron chi connectivity index (χ3n) is 2.93. The molecule has 0 radical (unpaired) electrons. The Morgan fingerprint density at radius 2 is 1.86 bits per heavy atom. The molecule has 0 amide bonds. The van der Waals surface area contributed by atoms with Crippen LogP contribution < -0.4 is 11.1 Å². The van der Waals surface area contributed by atoms with Gasteiger partial charge in [-0.2, -0.15) is 15.0 Å². The minimum absolute atomic E-state index is 0.100. The van der Waals surface area contributed by atoms with Crippen LogP contribution in [-0.4, -0.2) is 19.9 Å². The van der Waals surface area contributed by atoms with E-state index in [9.17, 15) is 4.39 Å². The number of nitrogen functional groups attached to an aromatic ring is 1. The van der Waals surface area contributed by atoms with Crippen LogP contribution >= 0.6 is 0 Å². The Kier molecular flexibility index (Phi) is 3.86. The van der Waals surface area contributed by atoms with Gasteiger partial charge in [0, 0.05) is 24.5 Å². The van der Waals surface area contributed by atoms with E-state index in [1.165, 1.54) is 12.1 Å². The number of aromatic nitrogens is 4. The number of rotatable bonds is 4. The first kappa shape index (κ1) is 13.9. The molecule has 0 aliphatic carbocycles. The summed E-state index contributed by atoms with van der Waals surface area (Å²) < 4.78 is 13.0. The van der Waals surface area contributed by atoms with Crippen LogP contribution in [0.2, 0.25) is 0 Å². The van der Waals surface area contributed by atoms with E-state index in [-0.39, 0.29) is 11.8 Å². The maximum Gasteiger partial charge on any atom is 0.228 e. The smallest absolute Gasteiger partial charge is 0.228 e. The van der Waals surface area contributed by atoms with E-state index in [0.717, 1.165) is 5.56 Å². The van der Waals surface area contributed by atoms with Gasteiger partial charge in [-0.05, 0) is 35.9 Å². The number of halogens is 1. The Bertz CT molecular complexity index is 761. The molecule has 7 heteroatoms. The number of benzene rings is 1. The van der Waals surface area contributed by atoms with Crippen molar-refractivity contribution in [3.8, 4) is 11.4 Å². The topological polar surface area (TPSA) is 89.6 Å². The normalized spacial score (nSPS) is 10.4. The number of hydrogen-bond donors (Lipinski definition) is 2. The van der Waals surface area contributed by atoms with Crippen LogP contribution in [0.25, 0.3) is 11.4 Å². The molecule has 1 aromatic carbocycles. The van der Waals surface area contributed by atoms with Gasteiger partial charge in [0.15, 0.2) is 5.82 Å². The number of anilines is 2. The molecule has 3 rings (SSSR count). The van der Waals surface area contributed by atoms with Crippen molar-refractivity contribution in [2.24, 2.45) is 0 Å². The molecule has 0 saturated heterocycles. The van der Waals surface area contributed by atoms with Crippen molar-refractivity contribution < 1.29 is 4.39 Å². The van der Waals surface area contributed by atoms with Crippen molar-refractivity contribution in [2.45, 2.75) is 6.54 Å². The molecule has 0 atom stereocenters. The van der Waals surface area contributed by atoms with Gasteiger partial charge in [-0.3, -0.25) is 4.98 Å². The van der Waals surface area contributed by atoms with Crippen LogP contribution in [0, 0.1) is 5.82 Å². The molecule has 2 heterocycles. The number of nitrogens with one attached hydrogen (secondary N) is 1. The van der Waals surface area contributed by atoms with Crippen LogP contribution in [0.15, 0.2) is 48.8 Å². The first-order valence-electron chi connectivity index (χ1n) is 6.61. The van der Waals surface area contributed by atoms with Gasteiger partial charge in [-0.25, -0.2) is 4.39 Å². The third-order valence-corrected chi connectivity index (χ3v) is 2.93. The highest BCUT2D eigenvalue weighted by Crippen LogP contribution is 2.17. The lowest BCUT2D eigenvalue weighted by Crippen LogP contribution is -2.08. The molecule has 2 aromatic heterocycles. The zero-order valence-corrected chi connectivity index (χ0v) is 11.6. The van der Waals surface area contributed by atoms with Gasteiger partial charge in [-0.15, -0.1) is 0 Å². The van der Waals surface area contributed by atoms with Crippen molar-refractivity contribution in [1.29, 1.82) is 0 Å². The fourth-order valence-electron chi connectivity index (χ4n) is 1.88. The summed E-state index contributed by atoms with van der Waals surface area (Å²) in [6.07, 6.45) is 3.45. The first-order valence-corrected chi connectivity index (χ1v) is 6.61. The summed E-state index contributed by atoms with van der Waals surface area (Å²) in [5.74, 6) is 0.528. The zero-order chi connectivity index (χ0) is 15.4. The lowest BCUT2D eigenvalue weighted by Gasteiger charge is -2.07. The molecule has 3 aromatic rings. The number of nitrogens with two attached hydrogens (primary N) is 1. The molecule has 3 N–H and O–H groups in total. The summed E-state index contributed by atoms with van der Waals surface area (Å²) >= 11 is 0. The predicted octanol–water partition coefficient (Wildman–Crippen LogP) is 2.27.